The minimum Gasteiger partial charge on any atom is -0.393 e. The van der Waals surface area contributed by atoms with E-state index in [0.717, 1.165) is 45.3 Å². The van der Waals surface area contributed by atoms with Gasteiger partial charge < -0.3 is 19.3 Å². The molecule has 0 spiro atoms. The first-order valence-electron chi connectivity index (χ1n) is 7.76. The highest BCUT2D eigenvalue weighted by atomic mass is 16.5. The molecule has 0 heterocycles. The summed E-state index contributed by atoms with van der Waals surface area (Å²) in [6.45, 7) is 6.31. The van der Waals surface area contributed by atoms with Crippen LogP contribution >= 0.6 is 0 Å². The predicted octanol–water partition coefficient (Wildman–Crippen LogP) is 2.39. The maximum absolute atomic E-state index is 9.66. The first-order chi connectivity index (χ1) is 9.34. The molecule has 0 aromatic carbocycles. The normalized spacial score (nSPS) is 23.1. The van der Waals surface area contributed by atoms with Crippen molar-refractivity contribution < 1.29 is 19.3 Å². The average Bonchev–Trinajstić information content (AvgIpc) is 2.82. The summed E-state index contributed by atoms with van der Waals surface area (Å²) in [6, 6.07) is 0. The number of unbranched alkanes of at least 4 members (excludes halogenated alkanes) is 1. The van der Waals surface area contributed by atoms with Gasteiger partial charge in [0.25, 0.3) is 0 Å². The molecular weight excluding hydrogens is 244 g/mol. The highest BCUT2D eigenvalue weighted by Crippen LogP contribution is 2.27. The molecule has 2 unspecified atom stereocenters. The zero-order valence-corrected chi connectivity index (χ0v) is 12.3. The van der Waals surface area contributed by atoms with Crippen LogP contribution in [0, 0.1) is 5.92 Å². The lowest BCUT2D eigenvalue weighted by molar-refractivity contribution is 0.00872. The fraction of sp³-hybridized carbons (Fsp3) is 1.00. The fourth-order valence-corrected chi connectivity index (χ4v) is 2.38. The standard InChI is InChI=1S/C15H30O4/c1-2-3-8-17-10-12-19-13-11-18-9-7-14-5-4-6-15(14)16/h14-16H,2-13H2,1H3. The van der Waals surface area contributed by atoms with Crippen molar-refractivity contribution in [1.82, 2.24) is 0 Å². The maximum Gasteiger partial charge on any atom is 0.0701 e. The van der Waals surface area contributed by atoms with Crippen LogP contribution in [0.1, 0.15) is 45.4 Å². The minimum atomic E-state index is -0.0971. The molecule has 0 amide bonds. The summed E-state index contributed by atoms with van der Waals surface area (Å²) in [5.41, 5.74) is 0. The van der Waals surface area contributed by atoms with E-state index in [4.69, 9.17) is 14.2 Å². The predicted molar refractivity (Wildman–Crippen MR) is 75.3 cm³/mol. The van der Waals surface area contributed by atoms with Crippen molar-refractivity contribution in [3.8, 4) is 0 Å². The number of aliphatic hydroxyl groups is 1. The number of rotatable bonds is 12. The van der Waals surface area contributed by atoms with Gasteiger partial charge in [-0.15, -0.1) is 0 Å². The van der Waals surface area contributed by atoms with Crippen LogP contribution in [0.2, 0.25) is 0 Å². The van der Waals surface area contributed by atoms with Gasteiger partial charge in [0.05, 0.1) is 32.5 Å². The third-order valence-corrected chi connectivity index (χ3v) is 3.64. The molecule has 1 rings (SSSR count). The SMILES string of the molecule is CCCCOCCOCCOCCC1CCCC1O. The topological polar surface area (TPSA) is 47.9 Å². The molecule has 4 heteroatoms. The minimum absolute atomic E-state index is 0.0971. The molecule has 1 fully saturated rings. The molecular formula is C15H30O4. The second-order valence-electron chi connectivity index (χ2n) is 5.24. The lowest BCUT2D eigenvalue weighted by atomic mass is 10.0. The second-order valence-corrected chi connectivity index (χ2v) is 5.24. The number of aliphatic hydroxyl groups excluding tert-OH is 1. The summed E-state index contributed by atoms with van der Waals surface area (Å²) < 4.78 is 16.3. The van der Waals surface area contributed by atoms with E-state index in [1.807, 2.05) is 0 Å². The molecule has 1 N–H and O–H groups in total. The van der Waals surface area contributed by atoms with Crippen LogP contribution < -0.4 is 0 Å². The van der Waals surface area contributed by atoms with Gasteiger partial charge in [0.15, 0.2) is 0 Å². The Kier molecular flexibility index (Phi) is 10.4. The van der Waals surface area contributed by atoms with Crippen LogP contribution in [0.5, 0.6) is 0 Å². The lowest BCUT2D eigenvalue weighted by Crippen LogP contribution is -2.16. The van der Waals surface area contributed by atoms with Crippen molar-refractivity contribution in [3.05, 3.63) is 0 Å². The first kappa shape index (κ1) is 16.9. The fourth-order valence-electron chi connectivity index (χ4n) is 2.38. The Labute approximate surface area is 117 Å². The Bertz CT molecular complexity index is 199. The number of ether oxygens (including phenoxy) is 3. The molecule has 19 heavy (non-hydrogen) atoms. The molecule has 0 aromatic rings. The maximum atomic E-state index is 9.66. The van der Waals surface area contributed by atoms with Gasteiger partial charge >= 0.3 is 0 Å². The molecule has 1 aliphatic rings. The molecule has 114 valence electrons. The van der Waals surface area contributed by atoms with Crippen molar-refractivity contribution in [3.63, 3.8) is 0 Å². The van der Waals surface area contributed by atoms with Crippen molar-refractivity contribution in [1.29, 1.82) is 0 Å². The van der Waals surface area contributed by atoms with Gasteiger partial charge in [0.1, 0.15) is 0 Å². The van der Waals surface area contributed by atoms with Gasteiger partial charge in [-0.3, -0.25) is 0 Å². The van der Waals surface area contributed by atoms with Gasteiger partial charge in [-0.25, -0.2) is 0 Å². The monoisotopic (exact) mass is 274 g/mol. The first-order valence-corrected chi connectivity index (χ1v) is 7.76. The lowest BCUT2D eigenvalue weighted by Gasteiger charge is -2.14. The van der Waals surface area contributed by atoms with E-state index in [2.05, 4.69) is 6.92 Å². The van der Waals surface area contributed by atoms with Crippen LogP contribution in [0.3, 0.4) is 0 Å². The third-order valence-electron chi connectivity index (χ3n) is 3.64. The van der Waals surface area contributed by atoms with Crippen molar-refractivity contribution in [2.75, 3.05) is 39.6 Å². The zero-order chi connectivity index (χ0) is 13.8. The average molecular weight is 274 g/mol. The Morgan fingerprint density at radius 2 is 1.53 bits per heavy atom. The molecule has 0 saturated heterocycles. The molecule has 2 atom stereocenters. The highest BCUT2D eigenvalue weighted by molar-refractivity contribution is 4.76. The van der Waals surface area contributed by atoms with E-state index >= 15 is 0 Å². The molecule has 0 aromatic heterocycles. The summed E-state index contributed by atoms with van der Waals surface area (Å²) in [5, 5.41) is 9.66. The summed E-state index contributed by atoms with van der Waals surface area (Å²) in [6.07, 6.45) is 6.44. The molecule has 1 saturated carbocycles. The molecule has 1 aliphatic carbocycles. The Hall–Kier alpha value is -0.160. The van der Waals surface area contributed by atoms with Crippen molar-refractivity contribution in [2.45, 2.75) is 51.6 Å². The summed E-state index contributed by atoms with van der Waals surface area (Å²) in [5.74, 6) is 0.452. The number of hydrogen-bond donors (Lipinski definition) is 1. The quantitative estimate of drug-likeness (QED) is 0.555. The van der Waals surface area contributed by atoms with Gasteiger partial charge in [-0.2, -0.15) is 0 Å². The molecule has 0 radical (unpaired) electrons. The van der Waals surface area contributed by atoms with Gasteiger partial charge in [0, 0.05) is 13.2 Å². The Morgan fingerprint density at radius 3 is 2.11 bits per heavy atom. The third kappa shape index (κ3) is 8.58. The van der Waals surface area contributed by atoms with E-state index in [9.17, 15) is 5.11 Å². The Morgan fingerprint density at radius 1 is 0.895 bits per heavy atom. The number of hydrogen-bond acceptors (Lipinski definition) is 4. The van der Waals surface area contributed by atoms with Gasteiger partial charge in [0.2, 0.25) is 0 Å². The summed E-state index contributed by atoms with van der Waals surface area (Å²) >= 11 is 0. The largest absolute Gasteiger partial charge is 0.393 e. The molecule has 0 aliphatic heterocycles. The van der Waals surface area contributed by atoms with Crippen molar-refractivity contribution in [2.24, 2.45) is 5.92 Å². The summed E-state index contributed by atoms with van der Waals surface area (Å²) in [7, 11) is 0. The van der Waals surface area contributed by atoms with Crippen LogP contribution in [0.4, 0.5) is 0 Å². The van der Waals surface area contributed by atoms with E-state index < -0.39 is 0 Å². The van der Waals surface area contributed by atoms with E-state index in [1.165, 1.54) is 6.42 Å². The van der Waals surface area contributed by atoms with Crippen LogP contribution in [-0.4, -0.2) is 50.9 Å². The van der Waals surface area contributed by atoms with Crippen LogP contribution in [-0.2, 0) is 14.2 Å². The van der Waals surface area contributed by atoms with Crippen LogP contribution in [0.15, 0.2) is 0 Å². The molecule has 4 nitrogen and oxygen atoms in total. The molecule has 0 bridgehead atoms. The van der Waals surface area contributed by atoms with Gasteiger partial charge in [-0.1, -0.05) is 19.8 Å². The van der Waals surface area contributed by atoms with Crippen molar-refractivity contribution >= 4 is 0 Å². The van der Waals surface area contributed by atoms with E-state index in [-0.39, 0.29) is 6.10 Å². The van der Waals surface area contributed by atoms with Gasteiger partial charge in [-0.05, 0) is 31.6 Å². The smallest absolute Gasteiger partial charge is 0.0701 e. The highest BCUT2D eigenvalue weighted by Gasteiger charge is 2.24. The summed E-state index contributed by atoms with van der Waals surface area (Å²) in [4.78, 5) is 0. The van der Waals surface area contributed by atoms with E-state index in [0.29, 0.717) is 32.3 Å². The van der Waals surface area contributed by atoms with E-state index in [1.54, 1.807) is 0 Å². The van der Waals surface area contributed by atoms with Crippen LogP contribution in [0.25, 0.3) is 0 Å². The second kappa shape index (κ2) is 11.6. The zero-order valence-electron chi connectivity index (χ0n) is 12.3. The Balaban J connectivity index is 1.74.